The van der Waals surface area contributed by atoms with Crippen LogP contribution < -0.4 is 15.2 Å². The summed E-state index contributed by atoms with van der Waals surface area (Å²) in [6.45, 7) is 2.75. The number of amides is 1. The molecule has 1 saturated heterocycles. The van der Waals surface area contributed by atoms with Gasteiger partial charge in [0.05, 0.1) is 20.3 Å². The van der Waals surface area contributed by atoms with Crippen LogP contribution >= 0.6 is 0 Å². The maximum absolute atomic E-state index is 12.0. The van der Waals surface area contributed by atoms with Gasteiger partial charge in [-0.3, -0.25) is 4.79 Å². The van der Waals surface area contributed by atoms with Crippen molar-refractivity contribution < 1.29 is 19.0 Å². The molecule has 0 atom stereocenters. The Morgan fingerprint density at radius 2 is 2.15 bits per heavy atom. The second-order valence-corrected chi connectivity index (χ2v) is 4.46. The normalized spacial score (nSPS) is 15.0. The molecule has 1 amide bonds. The fourth-order valence-electron chi connectivity index (χ4n) is 2.01. The minimum Gasteiger partial charge on any atom is -0.497 e. The van der Waals surface area contributed by atoms with Crippen molar-refractivity contribution in [3.63, 3.8) is 0 Å². The van der Waals surface area contributed by atoms with Crippen molar-refractivity contribution in [1.82, 2.24) is 4.90 Å². The number of carbonyl (C=O) groups excluding carboxylic acids is 1. The third-order valence-corrected chi connectivity index (χ3v) is 3.21. The van der Waals surface area contributed by atoms with E-state index in [-0.39, 0.29) is 12.5 Å². The molecule has 1 aliphatic heterocycles. The van der Waals surface area contributed by atoms with Gasteiger partial charge in [-0.15, -0.1) is 0 Å². The van der Waals surface area contributed by atoms with E-state index in [2.05, 4.69) is 0 Å². The van der Waals surface area contributed by atoms with Gasteiger partial charge in [0.2, 0.25) is 0 Å². The Morgan fingerprint density at radius 3 is 2.80 bits per heavy atom. The number of nitrogens with two attached hydrogens (primary N) is 1. The topological polar surface area (TPSA) is 74.0 Å². The van der Waals surface area contributed by atoms with E-state index in [1.165, 1.54) is 0 Å². The molecule has 2 N–H and O–H groups in total. The van der Waals surface area contributed by atoms with Crippen LogP contribution in [0.1, 0.15) is 5.56 Å². The average Bonchev–Trinajstić information content (AvgIpc) is 2.53. The van der Waals surface area contributed by atoms with Gasteiger partial charge in [-0.25, -0.2) is 0 Å². The lowest BCUT2D eigenvalue weighted by molar-refractivity contribution is -0.137. The van der Waals surface area contributed by atoms with Gasteiger partial charge in [-0.2, -0.15) is 0 Å². The largest absolute Gasteiger partial charge is 0.497 e. The van der Waals surface area contributed by atoms with Crippen LogP contribution in [0.15, 0.2) is 18.2 Å². The first-order valence-electron chi connectivity index (χ1n) is 6.60. The minimum absolute atomic E-state index is 0.000166. The molecule has 1 aliphatic rings. The summed E-state index contributed by atoms with van der Waals surface area (Å²) >= 11 is 0. The van der Waals surface area contributed by atoms with E-state index in [1.54, 1.807) is 18.1 Å². The third-order valence-electron chi connectivity index (χ3n) is 3.21. The van der Waals surface area contributed by atoms with E-state index >= 15 is 0 Å². The Hall–Kier alpha value is -1.79. The molecular formula is C14H20N2O4. The second-order valence-electron chi connectivity index (χ2n) is 4.46. The summed E-state index contributed by atoms with van der Waals surface area (Å²) in [4.78, 5) is 13.8. The molecule has 1 heterocycles. The van der Waals surface area contributed by atoms with Crippen LogP contribution in [0, 0.1) is 0 Å². The molecule has 6 heteroatoms. The fraction of sp³-hybridized carbons (Fsp3) is 0.500. The highest BCUT2D eigenvalue weighted by molar-refractivity contribution is 5.77. The number of benzene rings is 1. The molecule has 1 aromatic carbocycles. The van der Waals surface area contributed by atoms with Crippen molar-refractivity contribution >= 4 is 5.91 Å². The SMILES string of the molecule is COc1ccc(CN)c(OCC(=O)N2CCOCC2)c1. The first kappa shape index (κ1) is 14.6. The number of hydrogen-bond acceptors (Lipinski definition) is 5. The highest BCUT2D eigenvalue weighted by Gasteiger charge is 2.17. The van der Waals surface area contributed by atoms with Crippen LogP contribution in [0.3, 0.4) is 0 Å². The Balaban J connectivity index is 1.96. The first-order chi connectivity index (χ1) is 9.74. The lowest BCUT2D eigenvalue weighted by Gasteiger charge is -2.26. The monoisotopic (exact) mass is 280 g/mol. The summed E-state index contributed by atoms with van der Waals surface area (Å²) in [5.74, 6) is 1.23. The van der Waals surface area contributed by atoms with E-state index in [9.17, 15) is 4.79 Å². The number of methoxy groups -OCH3 is 1. The van der Waals surface area contributed by atoms with Gasteiger partial charge in [0, 0.05) is 31.3 Å². The maximum Gasteiger partial charge on any atom is 0.260 e. The lowest BCUT2D eigenvalue weighted by Crippen LogP contribution is -2.43. The molecule has 0 bridgehead atoms. The number of morpholine rings is 1. The quantitative estimate of drug-likeness (QED) is 0.844. The lowest BCUT2D eigenvalue weighted by atomic mass is 10.2. The van der Waals surface area contributed by atoms with Crippen molar-refractivity contribution in [2.24, 2.45) is 5.73 Å². The average molecular weight is 280 g/mol. The van der Waals surface area contributed by atoms with E-state index in [1.807, 2.05) is 12.1 Å². The summed E-state index contributed by atoms with van der Waals surface area (Å²) in [7, 11) is 1.58. The summed E-state index contributed by atoms with van der Waals surface area (Å²) in [5, 5.41) is 0. The van der Waals surface area contributed by atoms with Gasteiger partial charge >= 0.3 is 0 Å². The molecule has 0 radical (unpaired) electrons. The van der Waals surface area contributed by atoms with Crippen LogP contribution in [0.5, 0.6) is 11.5 Å². The molecule has 0 aromatic heterocycles. The number of carbonyl (C=O) groups is 1. The number of hydrogen-bond donors (Lipinski definition) is 1. The minimum atomic E-state index is -0.0425. The van der Waals surface area contributed by atoms with Crippen molar-refractivity contribution in [2.45, 2.75) is 6.54 Å². The molecular weight excluding hydrogens is 260 g/mol. The predicted molar refractivity (Wildman–Crippen MR) is 73.8 cm³/mol. The van der Waals surface area contributed by atoms with Crippen molar-refractivity contribution in [3.05, 3.63) is 23.8 Å². The van der Waals surface area contributed by atoms with Crippen molar-refractivity contribution in [1.29, 1.82) is 0 Å². The van der Waals surface area contributed by atoms with Crippen LogP contribution in [-0.2, 0) is 16.1 Å². The zero-order valence-electron chi connectivity index (χ0n) is 11.6. The molecule has 1 aromatic rings. The molecule has 0 saturated carbocycles. The van der Waals surface area contributed by atoms with Crippen LogP contribution in [0.25, 0.3) is 0 Å². The number of rotatable bonds is 5. The molecule has 0 spiro atoms. The molecule has 2 rings (SSSR count). The zero-order chi connectivity index (χ0) is 14.4. The van der Waals surface area contributed by atoms with E-state index in [4.69, 9.17) is 19.9 Å². The first-order valence-corrected chi connectivity index (χ1v) is 6.60. The second kappa shape index (κ2) is 7.12. The van der Waals surface area contributed by atoms with Crippen molar-refractivity contribution in [2.75, 3.05) is 40.0 Å². The Bertz CT molecular complexity index is 458. The van der Waals surface area contributed by atoms with Crippen LogP contribution in [0.2, 0.25) is 0 Å². The molecule has 0 unspecified atom stereocenters. The standard InChI is InChI=1S/C14H20N2O4/c1-18-12-3-2-11(9-15)13(8-12)20-10-14(17)16-4-6-19-7-5-16/h2-3,8H,4-7,9-10,15H2,1H3. The Kier molecular flexibility index (Phi) is 5.20. The molecule has 20 heavy (non-hydrogen) atoms. The smallest absolute Gasteiger partial charge is 0.260 e. The number of ether oxygens (including phenoxy) is 3. The summed E-state index contributed by atoms with van der Waals surface area (Å²) in [6, 6.07) is 5.40. The number of nitrogens with zero attached hydrogens (tertiary/aromatic N) is 1. The zero-order valence-corrected chi connectivity index (χ0v) is 11.6. The molecule has 1 fully saturated rings. The van der Waals surface area contributed by atoms with E-state index < -0.39 is 0 Å². The predicted octanol–water partition coefficient (Wildman–Crippen LogP) is 0.392. The van der Waals surface area contributed by atoms with Crippen molar-refractivity contribution in [3.8, 4) is 11.5 Å². The summed E-state index contributed by atoms with van der Waals surface area (Å²) in [5.41, 5.74) is 6.51. The summed E-state index contributed by atoms with van der Waals surface area (Å²) in [6.07, 6.45) is 0. The van der Waals surface area contributed by atoms with Gasteiger partial charge in [0.1, 0.15) is 11.5 Å². The van der Waals surface area contributed by atoms with Gasteiger partial charge in [-0.1, -0.05) is 6.07 Å². The highest BCUT2D eigenvalue weighted by Crippen LogP contribution is 2.24. The molecule has 6 nitrogen and oxygen atoms in total. The Labute approximate surface area is 118 Å². The molecule has 110 valence electrons. The van der Waals surface area contributed by atoms with Gasteiger partial charge in [0.15, 0.2) is 6.61 Å². The maximum atomic E-state index is 12.0. The van der Waals surface area contributed by atoms with E-state index in [0.717, 1.165) is 5.56 Å². The van der Waals surface area contributed by atoms with Gasteiger partial charge in [0.25, 0.3) is 5.91 Å². The molecule has 0 aliphatic carbocycles. The highest BCUT2D eigenvalue weighted by atomic mass is 16.5. The summed E-state index contributed by atoms with van der Waals surface area (Å²) < 4.78 is 15.9. The Morgan fingerprint density at radius 1 is 1.40 bits per heavy atom. The van der Waals surface area contributed by atoms with Crippen LogP contribution in [-0.4, -0.2) is 50.8 Å². The van der Waals surface area contributed by atoms with Crippen LogP contribution in [0.4, 0.5) is 0 Å². The van der Waals surface area contributed by atoms with Gasteiger partial charge < -0.3 is 24.8 Å². The van der Waals surface area contributed by atoms with E-state index in [0.29, 0.717) is 44.3 Å². The third kappa shape index (κ3) is 3.61. The fourth-order valence-corrected chi connectivity index (χ4v) is 2.01. The van der Waals surface area contributed by atoms with Gasteiger partial charge in [-0.05, 0) is 6.07 Å².